The molecule has 1 aromatic carbocycles. The summed E-state index contributed by atoms with van der Waals surface area (Å²) in [7, 11) is 0. The Labute approximate surface area is 87.2 Å². The lowest BCUT2D eigenvalue weighted by molar-refractivity contribution is 0.171. The van der Waals surface area contributed by atoms with Crippen LogP contribution >= 0.6 is 11.6 Å². The van der Waals surface area contributed by atoms with Crippen molar-refractivity contribution >= 4 is 11.6 Å². The molecular weight excluding hydrogens is 204 g/mol. The maximum Gasteiger partial charge on any atom is 0.180 e. The molecule has 1 aliphatic heterocycles. The summed E-state index contributed by atoms with van der Waals surface area (Å²) >= 11 is 6.09. The van der Waals surface area contributed by atoms with Crippen molar-refractivity contribution in [2.24, 2.45) is 0 Å². The topological polar surface area (TPSA) is 38.7 Å². The Balaban J connectivity index is 2.38. The van der Waals surface area contributed by atoms with E-state index in [4.69, 9.17) is 26.2 Å². The van der Waals surface area contributed by atoms with Crippen LogP contribution in [0.1, 0.15) is 5.56 Å². The molecule has 0 saturated carbocycles. The third-order valence-corrected chi connectivity index (χ3v) is 2.52. The van der Waals surface area contributed by atoms with Gasteiger partial charge in [-0.2, -0.15) is 0 Å². The second kappa shape index (κ2) is 4.07. The number of aliphatic hydroxyl groups is 1. The van der Waals surface area contributed by atoms with Gasteiger partial charge in [-0.15, -0.1) is 0 Å². The molecule has 0 amide bonds. The second-order valence-corrected chi connectivity index (χ2v) is 3.41. The van der Waals surface area contributed by atoms with Crippen molar-refractivity contribution in [3.8, 4) is 11.5 Å². The summed E-state index contributed by atoms with van der Waals surface area (Å²) in [5.74, 6) is 1.28. The normalized spacial score (nSPS) is 14.1. The fourth-order valence-corrected chi connectivity index (χ4v) is 1.74. The SMILES string of the molecule is OCCc1ccc2c(c1Cl)OCCO2. The summed E-state index contributed by atoms with van der Waals surface area (Å²) < 4.78 is 10.8. The molecule has 1 aliphatic rings. The minimum atomic E-state index is 0.0827. The van der Waals surface area contributed by atoms with Crippen LogP contribution in [-0.4, -0.2) is 24.9 Å². The Kier molecular flexibility index (Phi) is 2.79. The van der Waals surface area contributed by atoms with E-state index < -0.39 is 0 Å². The summed E-state index contributed by atoms with van der Waals surface area (Å²) in [6.07, 6.45) is 0.537. The molecule has 1 heterocycles. The Morgan fingerprint density at radius 1 is 1.29 bits per heavy atom. The third kappa shape index (κ3) is 1.65. The molecule has 2 rings (SSSR count). The van der Waals surface area contributed by atoms with Crippen LogP contribution in [-0.2, 0) is 6.42 Å². The Morgan fingerprint density at radius 3 is 2.86 bits per heavy atom. The van der Waals surface area contributed by atoms with E-state index in [0.29, 0.717) is 36.2 Å². The number of benzene rings is 1. The third-order valence-electron chi connectivity index (χ3n) is 2.11. The van der Waals surface area contributed by atoms with Crippen LogP contribution in [0.2, 0.25) is 5.02 Å². The van der Waals surface area contributed by atoms with Gasteiger partial charge in [0.2, 0.25) is 0 Å². The highest BCUT2D eigenvalue weighted by Crippen LogP contribution is 2.39. The maximum atomic E-state index is 8.82. The Morgan fingerprint density at radius 2 is 2.07 bits per heavy atom. The summed E-state index contributed by atoms with van der Waals surface area (Å²) in [6, 6.07) is 3.68. The van der Waals surface area contributed by atoms with E-state index in [1.165, 1.54) is 0 Å². The first kappa shape index (κ1) is 9.62. The summed E-state index contributed by atoms with van der Waals surface area (Å²) in [5, 5.41) is 9.37. The highest BCUT2D eigenvalue weighted by molar-refractivity contribution is 6.33. The number of halogens is 1. The van der Waals surface area contributed by atoms with Gasteiger partial charge in [0.25, 0.3) is 0 Å². The van der Waals surface area contributed by atoms with Crippen LogP contribution in [0.4, 0.5) is 0 Å². The van der Waals surface area contributed by atoms with Crippen molar-refractivity contribution in [3.05, 3.63) is 22.7 Å². The van der Waals surface area contributed by atoms with E-state index in [-0.39, 0.29) is 6.61 Å². The number of rotatable bonds is 2. The molecule has 4 heteroatoms. The van der Waals surface area contributed by atoms with Crippen molar-refractivity contribution in [2.45, 2.75) is 6.42 Å². The molecule has 0 bridgehead atoms. The molecule has 3 nitrogen and oxygen atoms in total. The predicted molar refractivity (Wildman–Crippen MR) is 53.2 cm³/mol. The monoisotopic (exact) mass is 214 g/mol. The summed E-state index contributed by atoms with van der Waals surface area (Å²) in [6.45, 7) is 1.16. The Hall–Kier alpha value is -0.930. The van der Waals surface area contributed by atoms with Crippen LogP contribution < -0.4 is 9.47 Å². The van der Waals surface area contributed by atoms with Gasteiger partial charge in [-0.1, -0.05) is 17.7 Å². The molecule has 0 aliphatic carbocycles. The zero-order chi connectivity index (χ0) is 9.97. The highest BCUT2D eigenvalue weighted by Gasteiger charge is 2.17. The smallest absolute Gasteiger partial charge is 0.180 e. The summed E-state index contributed by atoms with van der Waals surface area (Å²) in [4.78, 5) is 0. The van der Waals surface area contributed by atoms with Crippen LogP contribution in [0.15, 0.2) is 12.1 Å². The van der Waals surface area contributed by atoms with Gasteiger partial charge in [0, 0.05) is 6.61 Å². The van der Waals surface area contributed by atoms with E-state index in [0.717, 1.165) is 5.56 Å². The fourth-order valence-electron chi connectivity index (χ4n) is 1.44. The van der Waals surface area contributed by atoms with Crippen LogP contribution in [0.3, 0.4) is 0 Å². The van der Waals surface area contributed by atoms with Crippen LogP contribution in [0.25, 0.3) is 0 Å². The number of hydrogen-bond acceptors (Lipinski definition) is 3. The van der Waals surface area contributed by atoms with Crippen LogP contribution in [0, 0.1) is 0 Å². The molecule has 0 atom stereocenters. The minimum Gasteiger partial charge on any atom is -0.486 e. The standard InChI is InChI=1S/C10H11ClO3/c11-9-7(3-4-12)1-2-8-10(9)14-6-5-13-8/h1-2,12H,3-6H2. The van der Waals surface area contributed by atoms with Crippen molar-refractivity contribution in [3.63, 3.8) is 0 Å². The molecule has 0 spiro atoms. The van der Waals surface area contributed by atoms with E-state index in [1.54, 1.807) is 0 Å². The first-order valence-corrected chi connectivity index (χ1v) is 4.88. The van der Waals surface area contributed by atoms with E-state index in [1.807, 2.05) is 12.1 Å². The zero-order valence-electron chi connectivity index (χ0n) is 7.62. The lowest BCUT2D eigenvalue weighted by Crippen LogP contribution is -2.16. The molecule has 14 heavy (non-hydrogen) atoms. The first-order valence-electron chi connectivity index (χ1n) is 4.51. The Bertz CT molecular complexity index is 338. The number of fused-ring (bicyclic) bond motifs is 1. The first-order chi connectivity index (χ1) is 6.83. The van der Waals surface area contributed by atoms with Crippen molar-refractivity contribution in [1.82, 2.24) is 0 Å². The van der Waals surface area contributed by atoms with E-state index >= 15 is 0 Å². The molecule has 0 radical (unpaired) electrons. The molecule has 0 saturated heterocycles. The molecule has 1 aromatic rings. The molecule has 0 unspecified atom stereocenters. The number of aliphatic hydroxyl groups excluding tert-OH is 1. The zero-order valence-corrected chi connectivity index (χ0v) is 8.38. The highest BCUT2D eigenvalue weighted by atomic mass is 35.5. The molecule has 1 N–H and O–H groups in total. The van der Waals surface area contributed by atoms with Gasteiger partial charge < -0.3 is 14.6 Å². The summed E-state index contributed by atoms with van der Waals surface area (Å²) in [5.41, 5.74) is 0.887. The van der Waals surface area contributed by atoms with Crippen molar-refractivity contribution in [1.29, 1.82) is 0 Å². The average Bonchev–Trinajstić information content (AvgIpc) is 2.23. The van der Waals surface area contributed by atoms with Gasteiger partial charge in [0.05, 0.1) is 5.02 Å². The quantitative estimate of drug-likeness (QED) is 0.814. The van der Waals surface area contributed by atoms with E-state index in [2.05, 4.69) is 0 Å². The van der Waals surface area contributed by atoms with Crippen molar-refractivity contribution < 1.29 is 14.6 Å². The van der Waals surface area contributed by atoms with Gasteiger partial charge in [-0.05, 0) is 18.1 Å². The second-order valence-electron chi connectivity index (χ2n) is 3.04. The molecule has 0 aromatic heterocycles. The largest absolute Gasteiger partial charge is 0.486 e. The van der Waals surface area contributed by atoms with Crippen molar-refractivity contribution in [2.75, 3.05) is 19.8 Å². The molecule has 0 fully saturated rings. The number of ether oxygens (including phenoxy) is 2. The number of hydrogen-bond donors (Lipinski definition) is 1. The van der Waals surface area contributed by atoms with Gasteiger partial charge in [-0.3, -0.25) is 0 Å². The average molecular weight is 215 g/mol. The van der Waals surface area contributed by atoms with Gasteiger partial charge in [0.15, 0.2) is 11.5 Å². The molecular formula is C10H11ClO3. The van der Waals surface area contributed by atoms with Gasteiger partial charge >= 0.3 is 0 Å². The van der Waals surface area contributed by atoms with Gasteiger partial charge in [-0.25, -0.2) is 0 Å². The predicted octanol–water partition coefficient (Wildman–Crippen LogP) is 1.65. The van der Waals surface area contributed by atoms with Gasteiger partial charge in [0.1, 0.15) is 13.2 Å². The lowest BCUT2D eigenvalue weighted by Gasteiger charge is -2.20. The fraction of sp³-hybridized carbons (Fsp3) is 0.400. The minimum absolute atomic E-state index is 0.0827. The lowest BCUT2D eigenvalue weighted by atomic mass is 10.1. The maximum absolute atomic E-state index is 8.82. The van der Waals surface area contributed by atoms with E-state index in [9.17, 15) is 0 Å². The van der Waals surface area contributed by atoms with Crippen LogP contribution in [0.5, 0.6) is 11.5 Å². The molecule has 76 valence electrons.